The maximum absolute atomic E-state index is 14.1. The van der Waals surface area contributed by atoms with Crippen LogP contribution >= 0.6 is 12.4 Å². The van der Waals surface area contributed by atoms with Crippen molar-refractivity contribution in [2.24, 2.45) is 11.7 Å². The number of aliphatic hydroxyl groups is 1. The number of hydrogen-bond acceptors (Lipinski definition) is 4. The summed E-state index contributed by atoms with van der Waals surface area (Å²) in [5.41, 5.74) is 6.31. The Bertz CT molecular complexity index is 466. The van der Waals surface area contributed by atoms with Crippen LogP contribution in [0, 0.1) is 11.7 Å². The van der Waals surface area contributed by atoms with Crippen molar-refractivity contribution in [1.29, 1.82) is 0 Å². The number of methoxy groups -OCH3 is 2. The maximum atomic E-state index is 14.1. The minimum atomic E-state index is -0.752. The molecule has 0 spiro atoms. The van der Waals surface area contributed by atoms with Crippen LogP contribution in [0.2, 0.25) is 0 Å². The van der Waals surface area contributed by atoms with Gasteiger partial charge in [-0.1, -0.05) is 12.8 Å². The predicted octanol–water partition coefficient (Wildman–Crippen LogP) is 2.82. The van der Waals surface area contributed by atoms with Gasteiger partial charge in [-0.15, -0.1) is 12.4 Å². The summed E-state index contributed by atoms with van der Waals surface area (Å²) in [5.74, 6) is 0.402. The molecule has 0 saturated heterocycles. The van der Waals surface area contributed by atoms with Crippen LogP contribution < -0.4 is 15.2 Å². The molecule has 3 N–H and O–H groups in total. The predicted molar refractivity (Wildman–Crippen MR) is 81.6 cm³/mol. The summed E-state index contributed by atoms with van der Waals surface area (Å²) in [6, 6.07) is 2.00. The molecule has 0 unspecified atom stereocenters. The Balaban J connectivity index is 0.00000220. The molecule has 1 aliphatic rings. The number of halogens is 2. The minimum absolute atomic E-state index is 0. The van der Waals surface area contributed by atoms with E-state index in [1.165, 1.54) is 26.4 Å². The zero-order valence-electron chi connectivity index (χ0n) is 12.3. The Morgan fingerprint density at radius 1 is 1.19 bits per heavy atom. The molecule has 1 aromatic carbocycles. The average Bonchev–Trinajstić information content (AvgIpc) is 2.99. The standard InChI is InChI=1S/C15H22FNO3.ClH/c1-19-12-7-10(11(16)8-13(12)20-2)14(17)15(18)9-5-3-4-6-9;/h7-9,14-15,18H,3-6,17H2,1-2H3;1H/t14-,15+;/m0./s1. The van der Waals surface area contributed by atoms with Gasteiger partial charge in [0.15, 0.2) is 11.5 Å². The lowest BCUT2D eigenvalue weighted by atomic mass is 9.90. The summed E-state index contributed by atoms with van der Waals surface area (Å²) in [5, 5.41) is 10.3. The van der Waals surface area contributed by atoms with Crippen molar-refractivity contribution in [2.75, 3.05) is 14.2 Å². The summed E-state index contributed by atoms with van der Waals surface area (Å²) in [7, 11) is 2.93. The van der Waals surface area contributed by atoms with E-state index in [2.05, 4.69) is 0 Å². The van der Waals surface area contributed by atoms with Gasteiger partial charge in [-0.2, -0.15) is 0 Å². The average molecular weight is 320 g/mol. The molecule has 0 bridgehead atoms. The van der Waals surface area contributed by atoms with Crippen LogP contribution in [0.15, 0.2) is 12.1 Å². The molecular weight excluding hydrogens is 297 g/mol. The van der Waals surface area contributed by atoms with Crippen molar-refractivity contribution >= 4 is 12.4 Å². The number of rotatable bonds is 5. The highest BCUT2D eigenvalue weighted by Gasteiger charge is 2.30. The number of hydrogen-bond donors (Lipinski definition) is 2. The van der Waals surface area contributed by atoms with Gasteiger partial charge in [0.2, 0.25) is 0 Å². The molecule has 4 nitrogen and oxygen atoms in total. The van der Waals surface area contributed by atoms with Crippen LogP contribution in [-0.4, -0.2) is 25.4 Å². The molecular formula is C15H23ClFNO3. The molecule has 0 heterocycles. The Hall–Kier alpha value is -1.04. The summed E-state index contributed by atoms with van der Waals surface area (Å²) in [6.45, 7) is 0. The highest BCUT2D eigenvalue weighted by molar-refractivity contribution is 5.85. The number of nitrogens with two attached hydrogens (primary N) is 1. The van der Waals surface area contributed by atoms with Gasteiger partial charge >= 0.3 is 0 Å². The molecule has 0 amide bonds. The van der Waals surface area contributed by atoms with E-state index in [1.54, 1.807) is 0 Å². The summed E-state index contributed by atoms with van der Waals surface area (Å²) < 4.78 is 24.3. The fraction of sp³-hybridized carbons (Fsp3) is 0.600. The van der Waals surface area contributed by atoms with Crippen LogP contribution in [0.25, 0.3) is 0 Å². The van der Waals surface area contributed by atoms with Crippen LogP contribution in [0.5, 0.6) is 11.5 Å². The van der Waals surface area contributed by atoms with E-state index in [1.807, 2.05) is 0 Å². The highest BCUT2D eigenvalue weighted by Crippen LogP contribution is 2.36. The normalized spacial score (nSPS) is 18.0. The molecule has 0 radical (unpaired) electrons. The van der Waals surface area contributed by atoms with Crippen LogP contribution in [0.1, 0.15) is 37.3 Å². The topological polar surface area (TPSA) is 64.7 Å². The monoisotopic (exact) mass is 319 g/mol. The largest absolute Gasteiger partial charge is 0.493 e. The van der Waals surface area contributed by atoms with E-state index in [9.17, 15) is 9.50 Å². The fourth-order valence-electron chi connectivity index (χ4n) is 2.90. The summed E-state index contributed by atoms with van der Waals surface area (Å²) in [6.07, 6.45) is 3.37. The zero-order valence-corrected chi connectivity index (χ0v) is 13.2. The first kappa shape index (κ1) is 18.0. The van der Waals surface area contributed by atoms with E-state index < -0.39 is 18.0 Å². The van der Waals surface area contributed by atoms with Crippen LogP contribution in [0.4, 0.5) is 4.39 Å². The Kier molecular flexibility index (Phi) is 6.71. The van der Waals surface area contributed by atoms with Crippen molar-refractivity contribution in [2.45, 2.75) is 37.8 Å². The van der Waals surface area contributed by atoms with Gasteiger partial charge in [-0.3, -0.25) is 0 Å². The van der Waals surface area contributed by atoms with Crippen LogP contribution in [-0.2, 0) is 0 Å². The third-order valence-electron chi connectivity index (χ3n) is 4.11. The Labute approximate surface area is 130 Å². The van der Waals surface area contributed by atoms with Crippen molar-refractivity contribution in [3.05, 3.63) is 23.5 Å². The molecule has 0 aliphatic heterocycles. The highest BCUT2D eigenvalue weighted by atomic mass is 35.5. The first-order chi connectivity index (χ1) is 9.58. The molecule has 2 rings (SSSR count). The van der Waals surface area contributed by atoms with Gasteiger partial charge in [0.25, 0.3) is 0 Å². The van der Waals surface area contributed by atoms with Crippen LogP contribution in [0.3, 0.4) is 0 Å². The fourth-order valence-corrected chi connectivity index (χ4v) is 2.90. The zero-order chi connectivity index (χ0) is 14.7. The van der Waals surface area contributed by atoms with Gasteiger partial charge in [0, 0.05) is 11.6 Å². The second-order valence-electron chi connectivity index (χ2n) is 5.29. The molecule has 1 aliphatic carbocycles. The van der Waals surface area contributed by atoms with Gasteiger partial charge in [-0.05, 0) is 24.8 Å². The lowest BCUT2D eigenvalue weighted by Gasteiger charge is -2.25. The third kappa shape index (κ3) is 3.78. The molecule has 1 saturated carbocycles. The lowest BCUT2D eigenvalue weighted by molar-refractivity contribution is 0.0831. The Morgan fingerprint density at radius 2 is 1.71 bits per heavy atom. The quantitative estimate of drug-likeness (QED) is 0.876. The van der Waals surface area contributed by atoms with Gasteiger partial charge < -0.3 is 20.3 Å². The van der Waals surface area contributed by atoms with E-state index in [0.717, 1.165) is 25.7 Å². The molecule has 6 heteroatoms. The smallest absolute Gasteiger partial charge is 0.163 e. The minimum Gasteiger partial charge on any atom is -0.493 e. The van der Waals surface area contributed by atoms with E-state index in [-0.39, 0.29) is 23.9 Å². The number of ether oxygens (including phenoxy) is 2. The summed E-state index contributed by atoms with van der Waals surface area (Å²) >= 11 is 0. The molecule has 1 aromatic rings. The van der Waals surface area contributed by atoms with E-state index in [0.29, 0.717) is 11.5 Å². The molecule has 120 valence electrons. The second kappa shape index (κ2) is 7.82. The lowest BCUT2D eigenvalue weighted by Crippen LogP contribution is -2.32. The number of benzene rings is 1. The number of aliphatic hydroxyl groups excluding tert-OH is 1. The first-order valence-electron chi connectivity index (χ1n) is 6.93. The maximum Gasteiger partial charge on any atom is 0.163 e. The van der Waals surface area contributed by atoms with Crippen molar-refractivity contribution in [3.63, 3.8) is 0 Å². The van der Waals surface area contributed by atoms with E-state index >= 15 is 0 Å². The summed E-state index contributed by atoms with van der Waals surface area (Å²) in [4.78, 5) is 0. The van der Waals surface area contributed by atoms with Gasteiger partial charge in [-0.25, -0.2) is 4.39 Å². The SMILES string of the molecule is COc1cc(F)c([C@H](N)[C@H](O)C2CCCC2)cc1OC.Cl. The van der Waals surface area contributed by atoms with Crippen molar-refractivity contribution in [3.8, 4) is 11.5 Å². The Morgan fingerprint density at radius 3 is 2.24 bits per heavy atom. The van der Waals surface area contributed by atoms with Gasteiger partial charge in [0.1, 0.15) is 5.82 Å². The van der Waals surface area contributed by atoms with E-state index in [4.69, 9.17) is 15.2 Å². The van der Waals surface area contributed by atoms with Gasteiger partial charge in [0.05, 0.1) is 26.4 Å². The molecule has 21 heavy (non-hydrogen) atoms. The van der Waals surface area contributed by atoms with Crippen molar-refractivity contribution in [1.82, 2.24) is 0 Å². The third-order valence-corrected chi connectivity index (χ3v) is 4.11. The van der Waals surface area contributed by atoms with Crippen molar-refractivity contribution < 1.29 is 19.0 Å². The second-order valence-corrected chi connectivity index (χ2v) is 5.29. The molecule has 0 aromatic heterocycles. The molecule has 1 fully saturated rings. The molecule has 2 atom stereocenters. The first-order valence-corrected chi connectivity index (χ1v) is 6.93.